The molecule has 1 N–H and O–H groups in total. The van der Waals surface area contributed by atoms with Crippen molar-refractivity contribution in [1.82, 2.24) is 9.88 Å². The summed E-state index contributed by atoms with van der Waals surface area (Å²) in [5.74, 6) is -3.84. The lowest BCUT2D eigenvalue weighted by Gasteiger charge is -2.26. The molecule has 2 aliphatic rings. The van der Waals surface area contributed by atoms with Gasteiger partial charge in [0.25, 0.3) is 5.56 Å². The van der Waals surface area contributed by atoms with Crippen LogP contribution in [-0.4, -0.2) is 23.1 Å². The number of hydrogen-bond acceptors (Lipinski definition) is 5. The molecule has 4 bridgehead atoms. The third-order valence-corrected chi connectivity index (χ3v) is 8.64. The van der Waals surface area contributed by atoms with Crippen molar-refractivity contribution >= 4 is 11.9 Å². The predicted molar refractivity (Wildman–Crippen MR) is 166 cm³/mol. The lowest BCUT2D eigenvalue weighted by atomic mass is 9.92. The van der Waals surface area contributed by atoms with Crippen LogP contribution in [0.25, 0.3) is 11.1 Å². The van der Waals surface area contributed by atoms with Crippen molar-refractivity contribution in [2.24, 2.45) is 0 Å². The fourth-order valence-corrected chi connectivity index (χ4v) is 6.29. The number of aromatic nitrogens is 1. The molecule has 250 valence electrons. The van der Waals surface area contributed by atoms with Crippen LogP contribution in [0.2, 0.25) is 0 Å². The second-order valence-electron chi connectivity index (χ2n) is 12.0. The molecular weight excluding hydrogens is 635 g/mol. The van der Waals surface area contributed by atoms with E-state index in [-0.39, 0.29) is 29.0 Å². The molecule has 4 aromatic rings. The Morgan fingerprint density at radius 1 is 1.00 bits per heavy atom. The van der Waals surface area contributed by atoms with Gasteiger partial charge < -0.3 is 14.8 Å². The molecule has 2 heterocycles. The zero-order chi connectivity index (χ0) is 34.5. The molecule has 6 rings (SSSR count). The van der Waals surface area contributed by atoms with Crippen LogP contribution in [0.15, 0.2) is 65.6 Å². The van der Waals surface area contributed by atoms with Crippen molar-refractivity contribution < 1.29 is 41.0 Å². The number of benzene rings is 3. The molecular formula is C36H31F5N2O5. The summed E-state index contributed by atoms with van der Waals surface area (Å²) in [4.78, 5) is 41.0. The number of rotatable bonds is 5. The molecule has 1 fully saturated rings. The first-order valence-electron chi connectivity index (χ1n) is 15.4. The van der Waals surface area contributed by atoms with Crippen molar-refractivity contribution in [3.05, 3.63) is 116 Å². The Morgan fingerprint density at radius 3 is 2.44 bits per heavy atom. The van der Waals surface area contributed by atoms with Gasteiger partial charge in [0.1, 0.15) is 29.2 Å². The van der Waals surface area contributed by atoms with Gasteiger partial charge in [-0.15, -0.1) is 0 Å². The molecule has 2 atom stereocenters. The number of ether oxygens (including phenoxy) is 2. The Morgan fingerprint density at radius 2 is 1.75 bits per heavy atom. The number of aryl methyl sites for hydroxylation is 2. The molecule has 0 unspecified atom stereocenters. The standard InChI is InChI=1S/C36H31F5N2O5/c1-4-47-29(44)17-27-24-15-21(14-19(3)32(24)38)30-18(2)6-5-7-28(30)48-22-10-11-26(37)23(16-22)33(34(45)42-27)43-13-12-25(36(39,40)41)31(35(43)46)20-8-9-20/h5-7,10-16,20,27,33H,4,8-9,17H2,1-3H3,(H,42,45)/t27-,33+/m0/s1. The molecule has 3 aromatic carbocycles. The third kappa shape index (κ3) is 6.18. The Bertz CT molecular complexity index is 2000. The highest BCUT2D eigenvalue weighted by Crippen LogP contribution is 2.45. The SMILES string of the molecule is CCOC(=O)C[C@@H]1NC(=O)[C@H](n2ccc(C(F)(F)F)c(C3CC3)c2=O)c2cc(ccc2F)Oc2cccc(C)c2-c2cc(C)c(F)c1c2. The molecule has 48 heavy (non-hydrogen) atoms. The lowest BCUT2D eigenvalue weighted by molar-refractivity contribution is -0.144. The van der Waals surface area contributed by atoms with Crippen LogP contribution in [0, 0.1) is 25.5 Å². The number of carbonyl (C=O) groups is 2. The molecule has 0 radical (unpaired) electrons. The van der Waals surface area contributed by atoms with Crippen LogP contribution in [0.4, 0.5) is 22.0 Å². The van der Waals surface area contributed by atoms with Crippen LogP contribution in [-0.2, 0) is 20.5 Å². The second kappa shape index (κ2) is 12.6. The number of alkyl halides is 3. The summed E-state index contributed by atoms with van der Waals surface area (Å²) in [6.07, 6.45) is -3.91. The van der Waals surface area contributed by atoms with Gasteiger partial charge in [0.2, 0.25) is 5.91 Å². The van der Waals surface area contributed by atoms with Crippen molar-refractivity contribution in [3.8, 4) is 22.6 Å². The number of nitrogens with zero attached hydrogens (tertiary/aromatic N) is 1. The number of halogens is 5. The Labute approximate surface area is 272 Å². The normalized spacial score (nSPS) is 17.6. The highest BCUT2D eigenvalue weighted by Gasteiger charge is 2.42. The van der Waals surface area contributed by atoms with Gasteiger partial charge in [-0.2, -0.15) is 13.2 Å². The maximum absolute atomic E-state index is 16.0. The summed E-state index contributed by atoms with van der Waals surface area (Å²) in [6, 6.07) is 9.24. The first kappa shape index (κ1) is 32.9. The number of esters is 1. The summed E-state index contributed by atoms with van der Waals surface area (Å²) in [7, 11) is 0. The fourth-order valence-electron chi connectivity index (χ4n) is 6.29. The van der Waals surface area contributed by atoms with Gasteiger partial charge in [0.05, 0.1) is 24.6 Å². The third-order valence-electron chi connectivity index (χ3n) is 8.64. The van der Waals surface area contributed by atoms with Crippen LogP contribution in [0.3, 0.4) is 0 Å². The zero-order valence-electron chi connectivity index (χ0n) is 26.2. The molecule has 12 heteroatoms. The van der Waals surface area contributed by atoms with E-state index in [1.54, 1.807) is 25.1 Å². The van der Waals surface area contributed by atoms with Gasteiger partial charge in [0.15, 0.2) is 0 Å². The Hall–Kier alpha value is -5.00. The zero-order valence-corrected chi connectivity index (χ0v) is 26.2. The minimum absolute atomic E-state index is 0.00349. The maximum atomic E-state index is 16.0. The van der Waals surface area contributed by atoms with Gasteiger partial charge in [-0.1, -0.05) is 12.1 Å². The van der Waals surface area contributed by atoms with Crippen LogP contribution in [0.5, 0.6) is 11.5 Å². The van der Waals surface area contributed by atoms with E-state index in [2.05, 4.69) is 5.32 Å². The molecule has 1 saturated carbocycles. The minimum atomic E-state index is -4.85. The quantitative estimate of drug-likeness (QED) is 0.174. The van der Waals surface area contributed by atoms with Crippen LogP contribution < -0.4 is 15.6 Å². The topological polar surface area (TPSA) is 86.6 Å². The molecule has 1 aliphatic heterocycles. The van der Waals surface area contributed by atoms with E-state index < -0.39 is 70.8 Å². The van der Waals surface area contributed by atoms with E-state index >= 15 is 8.78 Å². The number of amides is 1. The summed E-state index contributed by atoms with van der Waals surface area (Å²) in [5.41, 5.74) is -1.24. The summed E-state index contributed by atoms with van der Waals surface area (Å²) < 4.78 is 85.9. The molecule has 1 amide bonds. The van der Waals surface area contributed by atoms with Crippen molar-refractivity contribution in [1.29, 1.82) is 0 Å². The molecule has 7 nitrogen and oxygen atoms in total. The van der Waals surface area contributed by atoms with E-state index in [0.717, 1.165) is 22.4 Å². The Kier molecular flexibility index (Phi) is 8.61. The molecule has 0 saturated heterocycles. The minimum Gasteiger partial charge on any atom is -0.466 e. The number of pyridine rings is 1. The molecule has 1 aromatic heterocycles. The second-order valence-corrected chi connectivity index (χ2v) is 12.0. The van der Waals surface area contributed by atoms with Crippen LogP contribution in [0.1, 0.15) is 77.6 Å². The lowest BCUT2D eigenvalue weighted by Crippen LogP contribution is -2.41. The summed E-state index contributed by atoms with van der Waals surface area (Å²) in [6.45, 7) is 4.91. The first-order chi connectivity index (χ1) is 22.8. The smallest absolute Gasteiger partial charge is 0.416 e. The van der Waals surface area contributed by atoms with Crippen LogP contribution >= 0.6 is 0 Å². The number of carbonyl (C=O) groups excluding carboxylic acids is 2. The van der Waals surface area contributed by atoms with E-state index in [4.69, 9.17) is 9.47 Å². The van der Waals surface area contributed by atoms with E-state index in [0.29, 0.717) is 35.8 Å². The van der Waals surface area contributed by atoms with E-state index in [1.165, 1.54) is 25.1 Å². The highest BCUT2D eigenvalue weighted by molar-refractivity contribution is 5.85. The predicted octanol–water partition coefficient (Wildman–Crippen LogP) is 7.81. The summed E-state index contributed by atoms with van der Waals surface area (Å²) in [5, 5.41) is 2.61. The number of nitrogens with one attached hydrogen (secondary N) is 1. The number of fused-ring (bicyclic) bond motifs is 6. The largest absolute Gasteiger partial charge is 0.466 e. The van der Waals surface area contributed by atoms with Crippen molar-refractivity contribution in [2.45, 2.75) is 64.2 Å². The number of hydrogen-bond donors (Lipinski definition) is 1. The van der Waals surface area contributed by atoms with Gasteiger partial charge >= 0.3 is 12.1 Å². The average Bonchev–Trinajstić information content (AvgIpc) is 3.85. The first-order valence-corrected chi connectivity index (χ1v) is 15.4. The monoisotopic (exact) mass is 666 g/mol. The maximum Gasteiger partial charge on any atom is 0.416 e. The fraction of sp³-hybridized carbons (Fsp3) is 0.306. The van der Waals surface area contributed by atoms with Crippen molar-refractivity contribution in [3.63, 3.8) is 0 Å². The van der Waals surface area contributed by atoms with E-state index in [1.807, 2.05) is 13.0 Å². The molecule has 0 spiro atoms. The average molecular weight is 667 g/mol. The van der Waals surface area contributed by atoms with Crippen molar-refractivity contribution in [2.75, 3.05) is 6.61 Å². The van der Waals surface area contributed by atoms with E-state index in [9.17, 15) is 27.6 Å². The van der Waals surface area contributed by atoms with Gasteiger partial charge in [-0.3, -0.25) is 19.0 Å². The Balaban J connectivity index is 1.63. The highest BCUT2D eigenvalue weighted by atomic mass is 19.4. The van der Waals surface area contributed by atoms with Gasteiger partial charge in [-0.25, -0.2) is 8.78 Å². The molecule has 1 aliphatic carbocycles. The summed E-state index contributed by atoms with van der Waals surface area (Å²) >= 11 is 0. The van der Waals surface area contributed by atoms with Gasteiger partial charge in [0, 0.05) is 28.5 Å². The van der Waals surface area contributed by atoms with Gasteiger partial charge in [-0.05, 0) is 98.7 Å².